The van der Waals surface area contributed by atoms with Crippen molar-refractivity contribution in [2.24, 2.45) is 0 Å². The SMILES string of the molecule is CCCNC1CCC(N2CCCOC(C)C2)C1. The molecular formula is C14H28N2O. The summed E-state index contributed by atoms with van der Waals surface area (Å²) < 4.78 is 5.73. The highest BCUT2D eigenvalue weighted by Gasteiger charge is 2.30. The summed E-state index contributed by atoms with van der Waals surface area (Å²) in [6.45, 7) is 8.94. The summed E-state index contributed by atoms with van der Waals surface area (Å²) in [7, 11) is 0. The number of nitrogens with one attached hydrogen (secondary N) is 1. The highest BCUT2D eigenvalue weighted by molar-refractivity contribution is 4.87. The first-order valence-electron chi connectivity index (χ1n) is 7.38. The van der Waals surface area contributed by atoms with Crippen LogP contribution in [0.2, 0.25) is 0 Å². The quantitative estimate of drug-likeness (QED) is 0.813. The molecule has 1 heterocycles. The lowest BCUT2D eigenvalue weighted by Crippen LogP contribution is -2.39. The molecular weight excluding hydrogens is 212 g/mol. The van der Waals surface area contributed by atoms with Crippen LogP contribution in [0.1, 0.15) is 46.0 Å². The molecule has 2 rings (SSSR count). The van der Waals surface area contributed by atoms with E-state index in [1.54, 1.807) is 0 Å². The van der Waals surface area contributed by atoms with Gasteiger partial charge in [-0.3, -0.25) is 4.90 Å². The molecule has 1 aliphatic carbocycles. The minimum Gasteiger partial charge on any atom is -0.377 e. The molecule has 0 radical (unpaired) electrons. The zero-order valence-electron chi connectivity index (χ0n) is 11.5. The van der Waals surface area contributed by atoms with Crippen LogP contribution < -0.4 is 5.32 Å². The molecule has 1 saturated carbocycles. The standard InChI is InChI=1S/C14H28N2O/c1-3-7-15-13-5-6-14(10-13)16-8-4-9-17-12(2)11-16/h12-15H,3-11H2,1-2H3. The van der Waals surface area contributed by atoms with E-state index >= 15 is 0 Å². The van der Waals surface area contributed by atoms with Crippen LogP contribution in [0, 0.1) is 0 Å². The predicted octanol–water partition coefficient (Wildman–Crippen LogP) is 2.02. The summed E-state index contributed by atoms with van der Waals surface area (Å²) >= 11 is 0. The average molecular weight is 240 g/mol. The fraction of sp³-hybridized carbons (Fsp3) is 1.00. The van der Waals surface area contributed by atoms with E-state index < -0.39 is 0 Å². The van der Waals surface area contributed by atoms with Gasteiger partial charge >= 0.3 is 0 Å². The normalized spacial score (nSPS) is 36.0. The predicted molar refractivity (Wildman–Crippen MR) is 71.3 cm³/mol. The van der Waals surface area contributed by atoms with Crippen LogP contribution in [0.4, 0.5) is 0 Å². The summed E-state index contributed by atoms with van der Waals surface area (Å²) in [5.41, 5.74) is 0. The first-order valence-corrected chi connectivity index (χ1v) is 7.38. The topological polar surface area (TPSA) is 24.5 Å². The van der Waals surface area contributed by atoms with Gasteiger partial charge in [-0.15, -0.1) is 0 Å². The van der Waals surface area contributed by atoms with Crippen molar-refractivity contribution in [3.05, 3.63) is 0 Å². The van der Waals surface area contributed by atoms with Crippen molar-refractivity contribution in [3.63, 3.8) is 0 Å². The van der Waals surface area contributed by atoms with Crippen molar-refractivity contribution < 1.29 is 4.74 Å². The third-order valence-corrected chi connectivity index (χ3v) is 4.09. The molecule has 3 atom stereocenters. The Bertz CT molecular complexity index is 222. The van der Waals surface area contributed by atoms with Gasteiger partial charge in [0.1, 0.15) is 0 Å². The molecule has 0 amide bonds. The molecule has 0 aromatic carbocycles. The number of ether oxygens (including phenoxy) is 1. The lowest BCUT2D eigenvalue weighted by Gasteiger charge is -2.28. The Kier molecular flexibility index (Phi) is 5.26. The zero-order valence-corrected chi connectivity index (χ0v) is 11.5. The highest BCUT2D eigenvalue weighted by Crippen LogP contribution is 2.25. The number of hydrogen-bond donors (Lipinski definition) is 1. The van der Waals surface area contributed by atoms with Gasteiger partial charge in [-0.25, -0.2) is 0 Å². The summed E-state index contributed by atoms with van der Waals surface area (Å²) in [6, 6.07) is 1.56. The lowest BCUT2D eigenvalue weighted by molar-refractivity contribution is 0.0609. The molecule has 0 aromatic heterocycles. The number of rotatable bonds is 4. The summed E-state index contributed by atoms with van der Waals surface area (Å²) in [4.78, 5) is 2.67. The molecule has 2 aliphatic rings. The Hall–Kier alpha value is -0.120. The van der Waals surface area contributed by atoms with Gasteiger partial charge in [0.05, 0.1) is 6.10 Å². The monoisotopic (exact) mass is 240 g/mol. The maximum absolute atomic E-state index is 5.73. The van der Waals surface area contributed by atoms with Crippen molar-refractivity contribution >= 4 is 0 Å². The third-order valence-electron chi connectivity index (χ3n) is 4.09. The maximum atomic E-state index is 5.73. The molecule has 3 heteroatoms. The van der Waals surface area contributed by atoms with Crippen LogP contribution in [0.5, 0.6) is 0 Å². The van der Waals surface area contributed by atoms with Crippen LogP contribution in [0.15, 0.2) is 0 Å². The van der Waals surface area contributed by atoms with Crippen molar-refractivity contribution in [2.45, 2.75) is 64.1 Å². The van der Waals surface area contributed by atoms with Gasteiger partial charge in [-0.05, 0) is 45.6 Å². The Morgan fingerprint density at radius 1 is 1.35 bits per heavy atom. The van der Waals surface area contributed by atoms with Crippen molar-refractivity contribution in [1.82, 2.24) is 10.2 Å². The smallest absolute Gasteiger partial charge is 0.0674 e. The van der Waals surface area contributed by atoms with E-state index in [1.165, 1.54) is 45.2 Å². The molecule has 0 spiro atoms. The zero-order chi connectivity index (χ0) is 12.1. The molecule has 1 saturated heterocycles. The molecule has 100 valence electrons. The van der Waals surface area contributed by atoms with Gasteiger partial charge in [0.25, 0.3) is 0 Å². The Balaban J connectivity index is 1.78. The average Bonchev–Trinajstić information content (AvgIpc) is 2.69. The maximum Gasteiger partial charge on any atom is 0.0674 e. The van der Waals surface area contributed by atoms with E-state index in [9.17, 15) is 0 Å². The van der Waals surface area contributed by atoms with Crippen LogP contribution >= 0.6 is 0 Å². The van der Waals surface area contributed by atoms with Gasteiger partial charge < -0.3 is 10.1 Å². The third kappa shape index (κ3) is 3.94. The summed E-state index contributed by atoms with van der Waals surface area (Å²) in [5, 5.41) is 3.67. The largest absolute Gasteiger partial charge is 0.377 e. The molecule has 1 N–H and O–H groups in total. The van der Waals surface area contributed by atoms with Gasteiger partial charge in [-0.1, -0.05) is 6.92 Å². The Morgan fingerprint density at radius 3 is 3.06 bits per heavy atom. The van der Waals surface area contributed by atoms with E-state index in [4.69, 9.17) is 4.74 Å². The molecule has 3 nitrogen and oxygen atoms in total. The second-order valence-electron chi connectivity index (χ2n) is 5.65. The van der Waals surface area contributed by atoms with Crippen molar-refractivity contribution in [3.8, 4) is 0 Å². The molecule has 2 fully saturated rings. The first kappa shape index (κ1) is 13.3. The van der Waals surface area contributed by atoms with E-state index in [0.717, 1.165) is 25.2 Å². The van der Waals surface area contributed by atoms with Gasteiger partial charge in [0.15, 0.2) is 0 Å². The van der Waals surface area contributed by atoms with Crippen LogP contribution in [-0.2, 0) is 4.74 Å². The van der Waals surface area contributed by atoms with Crippen molar-refractivity contribution in [2.75, 3.05) is 26.2 Å². The van der Waals surface area contributed by atoms with E-state index in [0.29, 0.717) is 6.10 Å². The highest BCUT2D eigenvalue weighted by atomic mass is 16.5. The van der Waals surface area contributed by atoms with Gasteiger partial charge in [0, 0.05) is 31.8 Å². The summed E-state index contributed by atoms with van der Waals surface area (Å²) in [6.07, 6.45) is 6.93. The minimum absolute atomic E-state index is 0.417. The minimum atomic E-state index is 0.417. The van der Waals surface area contributed by atoms with E-state index in [-0.39, 0.29) is 0 Å². The fourth-order valence-corrected chi connectivity index (χ4v) is 3.18. The summed E-state index contributed by atoms with van der Waals surface area (Å²) in [5.74, 6) is 0. The van der Waals surface area contributed by atoms with Crippen LogP contribution in [0.3, 0.4) is 0 Å². The van der Waals surface area contributed by atoms with Gasteiger partial charge in [-0.2, -0.15) is 0 Å². The van der Waals surface area contributed by atoms with Crippen molar-refractivity contribution in [1.29, 1.82) is 0 Å². The Morgan fingerprint density at radius 2 is 2.24 bits per heavy atom. The Labute approximate surface area is 106 Å². The molecule has 0 aromatic rings. The van der Waals surface area contributed by atoms with E-state index in [1.807, 2.05) is 0 Å². The molecule has 0 bridgehead atoms. The van der Waals surface area contributed by atoms with E-state index in [2.05, 4.69) is 24.1 Å². The number of hydrogen-bond acceptors (Lipinski definition) is 3. The van der Waals surface area contributed by atoms with Crippen LogP contribution in [0.25, 0.3) is 0 Å². The second kappa shape index (κ2) is 6.72. The molecule has 1 aliphatic heterocycles. The molecule has 17 heavy (non-hydrogen) atoms. The second-order valence-corrected chi connectivity index (χ2v) is 5.65. The lowest BCUT2D eigenvalue weighted by atomic mass is 10.2. The van der Waals surface area contributed by atoms with Gasteiger partial charge in [0.2, 0.25) is 0 Å². The van der Waals surface area contributed by atoms with Crippen LogP contribution in [-0.4, -0.2) is 49.3 Å². The fourth-order valence-electron chi connectivity index (χ4n) is 3.18. The molecule has 3 unspecified atom stereocenters. The number of nitrogens with zero attached hydrogens (tertiary/aromatic N) is 1. The first-order chi connectivity index (χ1) is 8.29.